The normalized spacial score (nSPS) is 13.8. The highest BCUT2D eigenvalue weighted by atomic mass is 31.2. The molecule has 158 valence electrons. The van der Waals surface area contributed by atoms with E-state index in [1.54, 1.807) is 43.3 Å². The van der Waals surface area contributed by atoms with Gasteiger partial charge in [0, 0.05) is 24.3 Å². The smallest absolute Gasteiger partial charge is 0.321 e. The Morgan fingerprint density at radius 2 is 1.62 bits per heavy atom. The van der Waals surface area contributed by atoms with Gasteiger partial charge >= 0.3 is 14.0 Å². The van der Waals surface area contributed by atoms with Crippen molar-refractivity contribution in [1.29, 1.82) is 0 Å². The van der Waals surface area contributed by atoms with Crippen LogP contribution in [0.15, 0.2) is 48.5 Å². The molecule has 0 heterocycles. The number of nitrogens with zero attached hydrogens (tertiary/aromatic N) is 1. The first-order chi connectivity index (χ1) is 13.8. The maximum absolute atomic E-state index is 12.3. The zero-order valence-electron chi connectivity index (χ0n) is 17.2. The number of carbonyl (C=O) groups excluding carboxylic acids is 1. The maximum atomic E-state index is 12.3. The molecule has 1 atom stereocenters. The summed E-state index contributed by atoms with van der Waals surface area (Å²) in [6.07, 6.45) is 7.19. The minimum atomic E-state index is -4.48. The van der Waals surface area contributed by atoms with Crippen LogP contribution >= 0.6 is 7.60 Å². The van der Waals surface area contributed by atoms with Crippen LogP contribution in [0.3, 0.4) is 0 Å². The number of carbonyl (C=O) groups is 1. The summed E-state index contributed by atoms with van der Waals surface area (Å²) in [5.41, 5.74) is 1.41. The monoisotopic (exact) mass is 420 g/mol. The van der Waals surface area contributed by atoms with Crippen LogP contribution in [0.4, 0.5) is 11.4 Å². The summed E-state index contributed by atoms with van der Waals surface area (Å²) in [5, 5.41) is -0.0987. The van der Waals surface area contributed by atoms with Crippen molar-refractivity contribution in [3.05, 3.63) is 54.1 Å². The first-order valence-electron chi connectivity index (χ1n) is 10.1. The molecular formula is C22H31NO5P+. The van der Waals surface area contributed by atoms with Crippen LogP contribution in [-0.4, -0.2) is 22.8 Å². The topological polar surface area (TPSA) is 83.8 Å². The fourth-order valence-corrected chi connectivity index (χ4v) is 4.14. The molecule has 0 saturated heterocycles. The molecule has 0 radical (unpaired) electrons. The van der Waals surface area contributed by atoms with Crippen LogP contribution in [0.5, 0.6) is 0 Å². The number of hydrogen-bond acceptors (Lipinski definition) is 3. The van der Waals surface area contributed by atoms with Crippen LogP contribution in [0.1, 0.15) is 51.0 Å². The van der Waals surface area contributed by atoms with E-state index in [1.165, 1.54) is 25.3 Å². The number of hydrogen-bond donors (Lipinski definition) is 2. The largest absolute Gasteiger partial charge is 0.356 e. The van der Waals surface area contributed by atoms with Gasteiger partial charge in [-0.2, -0.15) is 4.84 Å². The van der Waals surface area contributed by atoms with Gasteiger partial charge in [-0.3, -0.25) is 4.57 Å². The molecular weight excluding hydrogens is 389 g/mol. The summed E-state index contributed by atoms with van der Waals surface area (Å²) in [6, 6.07) is 13.6. The van der Waals surface area contributed by atoms with Crippen molar-refractivity contribution >= 4 is 30.7 Å². The van der Waals surface area contributed by atoms with Crippen LogP contribution in [0.2, 0.25) is 0 Å². The molecule has 1 unspecified atom stereocenters. The number of aryl methyl sites for hydroxylation is 1. The highest BCUT2D eigenvalue weighted by Crippen LogP contribution is 2.39. The van der Waals surface area contributed by atoms with Gasteiger partial charge in [-0.05, 0) is 18.9 Å². The van der Waals surface area contributed by atoms with E-state index < -0.39 is 12.2 Å². The molecule has 29 heavy (non-hydrogen) atoms. The second kappa shape index (κ2) is 10.8. The van der Waals surface area contributed by atoms with Gasteiger partial charge in [0.25, 0.3) is 0 Å². The lowest BCUT2D eigenvalue weighted by atomic mass is 10.1. The minimum Gasteiger partial charge on any atom is -0.321 e. The number of benzene rings is 2. The third-order valence-electron chi connectivity index (χ3n) is 4.97. The first-order valence-corrected chi connectivity index (χ1v) is 11.7. The lowest BCUT2D eigenvalue weighted by Crippen LogP contribution is -2.43. The third kappa shape index (κ3) is 6.08. The van der Waals surface area contributed by atoms with Crippen LogP contribution < -0.4 is 9.95 Å². The van der Waals surface area contributed by atoms with E-state index in [0.717, 1.165) is 19.3 Å². The fourth-order valence-electron chi connectivity index (χ4n) is 3.31. The van der Waals surface area contributed by atoms with Crippen molar-refractivity contribution in [3.8, 4) is 0 Å². The molecule has 0 saturated carbocycles. The van der Waals surface area contributed by atoms with Gasteiger partial charge < -0.3 is 9.79 Å². The molecule has 0 aliphatic heterocycles. The number of quaternary nitrogens is 1. The number of para-hydroxylation sites is 1. The van der Waals surface area contributed by atoms with Crippen LogP contribution in [0.25, 0.3) is 0 Å². The zero-order valence-corrected chi connectivity index (χ0v) is 18.1. The predicted octanol–water partition coefficient (Wildman–Crippen LogP) is 4.89. The molecule has 0 fully saturated rings. The van der Waals surface area contributed by atoms with Crippen molar-refractivity contribution in [2.24, 2.45) is 0 Å². The van der Waals surface area contributed by atoms with Crippen LogP contribution in [0, 0.1) is 6.92 Å². The summed E-state index contributed by atoms with van der Waals surface area (Å²) in [5.74, 6) is 0. The molecule has 0 bridgehead atoms. The van der Waals surface area contributed by atoms with Gasteiger partial charge in [-0.1, -0.05) is 67.9 Å². The van der Waals surface area contributed by atoms with E-state index >= 15 is 0 Å². The van der Waals surface area contributed by atoms with E-state index in [0.29, 0.717) is 30.0 Å². The molecule has 0 aliphatic carbocycles. The van der Waals surface area contributed by atoms with E-state index in [2.05, 4.69) is 6.92 Å². The average Bonchev–Trinajstić information content (AvgIpc) is 2.71. The zero-order chi connectivity index (χ0) is 21.3. The van der Waals surface area contributed by atoms with Gasteiger partial charge in [-0.25, -0.2) is 4.79 Å². The first kappa shape index (κ1) is 23.5. The Kier molecular flexibility index (Phi) is 8.75. The number of hydroxylamine groups is 1. The number of amides is 1. The lowest BCUT2D eigenvalue weighted by Gasteiger charge is -2.28. The molecule has 2 N–H and O–H groups in total. The lowest BCUT2D eigenvalue weighted by molar-refractivity contribution is -0.150. The van der Waals surface area contributed by atoms with Crippen molar-refractivity contribution in [2.75, 3.05) is 6.61 Å². The molecule has 2 rings (SSSR count). The predicted molar refractivity (Wildman–Crippen MR) is 116 cm³/mol. The second-order valence-corrected chi connectivity index (χ2v) is 8.78. The summed E-state index contributed by atoms with van der Waals surface area (Å²) in [7, 11) is -4.48. The summed E-state index contributed by atoms with van der Waals surface area (Å²) in [6.45, 7) is 4.17. The molecule has 2 aromatic carbocycles. The van der Waals surface area contributed by atoms with Gasteiger partial charge in [0.2, 0.25) is 0 Å². The summed E-state index contributed by atoms with van der Waals surface area (Å²) in [4.78, 5) is 37.8. The summed E-state index contributed by atoms with van der Waals surface area (Å²) < 4.78 is 11.3. The van der Waals surface area contributed by atoms with E-state index in [9.17, 15) is 19.1 Å². The minimum absolute atomic E-state index is 0.0987. The Morgan fingerprint density at radius 3 is 2.24 bits per heavy atom. The highest BCUT2D eigenvalue weighted by Gasteiger charge is 2.38. The van der Waals surface area contributed by atoms with Gasteiger partial charge in [0.05, 0.1) is 5.30 Å². The number of unbranched alkanes of at least 4 members (excludes halogenated alkanes) is 5. The molecule has 2 aromatic rings. The van der Waals surface area contributed by atoms with Crippen molar-refractivity contribution in [3.63, 3.8) is 0 Å². The van der Waals surface area contributed by atoms with E-state index in [-0.39, 0.29) is 5.30 Å². The second-order valence-electron chi connectivity index (χ2n) is 7.21. The molecule has 6 nitrogen and oxygen atoms in total. The average molecular weight is 420 g/mol. The van der Waals surface area contributed by atoms with Crippen LogP contribution in [-0.2, 0) is 14.2 Å². The molecule has 7 heteroatoms. The Morgan fingerprint density at radius 1 is 0.966 bits per heavy atom. The van der Waals surface area contributed by atoms with Gasteiger partial charge in [0.1, 0.15) is 6.61 Å². The maximum Gasteiger partial charge on any atom is 0.356 e. The Bertz CT molecular complexity index is 836. The van der Waals surface area contributed by atoms with Crippen molar-refractivity contribution in [2.45, 2.75) is 52.4 Å². The Hall–Kier alpha value is -1.82. The fraction of sp³-hybridized carbons (Fsp3) is 0.409. The molecule has 0 spiro atoms. The standard InChI is InChI=1S/C22H30NO5P/c1-3-4-5-6-7-11-16-28-23(18-24,20-12-9-8-10-13-20)21-15-14-19(2)22(17-21)29(25,26)27/h8-10,12-15,17-18H,3-7,11,16H2,1-2H3,(H-,25,26,27)/p+1. The molecule has 1 amide bonds. The van der Waals surface area contributed by atoms with Crippen molar-refractivity contribution in [1.82, 2.24) is 4.65 Å². The third-order valence-corrected chi connectivity index (χ3v) is 6.08. The van der Waals surface area contributed by atoms with E-state index in [4.69, 9.17) is 4.84 Å². The Labute approximate surface area is 172 Å². The molecule has 0 aromatic heterocycles. The van der Waals surface area contributed by atoms with Crippen molar-refractivity contribution < 1.29 is 24.0 Å². The highest BCUT2D eigenvalue weighted by molar-refractivity contribution is 7.60. The quantitative estimate of drug-likeness (QED) is 0.168. The number of rotatable bonds is 12. The SMILES string of the molecule is CCCCCCCCO[N+](C=O)(c1ccccc1)c1ccc(C)c(P(=O)(O)O)c1. The van der Waals surface area contributed by atoms with Gasteiger partial charge in [-0.15, -0.1) is 0 Å². The molecule has 0 aliphatic rings. The van der Waals surface area contributed by atoms with Gasteiger partial charge in [0.15, 0.2) is 11.4 Å². The Balaban J connectivity index is 2.33. The van der Waals surface area contributed by atoms with E-state index in [1.807, 2.05) is 6.07 Å². The summed E-state index contributed by atoms with van der Waals surface area (Å²) >= 11 is 0.